The highest BCUT2D eigenvalue weighted by atomic mass is 127. The molecule has 1 atom stereocenters. The van der Waals surface area contributed by atoms with Crippen molar-refractivity contribution < 1.29 is 9.53 Å². The smallest absolute Gasteiger partial charge is 0.407 e. The van der Waals surface area contributed by atoms with Crippen molar-refractivity contribution in [2.75, 3.05) is 18.4 Å². The molecule has 1 aromatic rings. The Morgan fingerprint density at radius 2 is 1.77 bits per heavy atom. The van der Waals surface area contributed by atoms with Crippen molar-refractivity contribution in [3.8, 4) is 0 Å². The van der Waals surface area contributed by atoms with Crippen LogP contribution in [0.5, 0.6) is 0 Å². The Kier molecular flexibility index (Phi) is 7.45. The molecular formula is C17H27IN2O2. The van der Waals surface area contributed by atoms with Crippen LogP contribution < -0.4 is 10.6 Å². The second-order valence-electron chi connectivity index (χ2n) is 6.77. The van der Waals surface area contributed by atoms with Crippen LogP contribution in [0.15, 0.2) is 24.3 Å². The van der Waals surface area contributed by atoms with Gasteiger partial charge in [-0.15, -0.1) is 0 Å². The van der Waals surface area contributed by atoms with Gasteiger partial charge in [-0.25, -0.2) is 4.79 Å². The standard InChI is InChI=1S/C17H27IN2O2/c1-12(2)13(11-20-16(21)22-17(3,4)5)10-19-15-8-6-14(18)7-9-15/h6-9,12-13,19H,10-11H2,1-5H3,(H,20,21). The average Bonchev–Trinajstić information content (AvgIpc) is 2.38. The van der Waals surface area contributed by atoms with Gasteiger partial charge >= 0.3 is 6.09 Å². The minimum absolute atomic E-state index is 0.340. The van der Waals surface area contributed by atoms with E-state index in [0.29, 0.717) is 18.4 Å². The molecule has 0 spiro atoms. The summed E-state index contributed by atoms with van der Waals surface area (Å²) in [6.45, 7) is 11.3. The number of hydrogen-bond donors (Lipinski definition) is 2. The first kappa shape index (κ1) is 19.1. The zero-order chi connectivity index (χ0) is 16.8. The maximum atomic E-state index is 11.7. The van der Waals surface area contributed by atoms with Gasteiger partial charge in [0.2, 0.25) is 0 Å². The molecule has 5 heteroatoms. The zero-order valence-electron chi connectivity index (χ0n) is 14.1. The number of anilines is 1. The lowest BCUT2D eigenvalue weighted by Gasteiger charge is -2.24. The third kappa shape index (κ3) is 7.87. The number of hydrogen-bond acceptors (Lipinski definition) is 3. The van der Waals surface area contributed by atoms with Gasteiger partial charge in [-0.2, -0.15) is 0 Å². The van der Waals surface area contributed by atoms with Crippen LogP contribution in [0.25, 0.3) is 0 Å². The molecule has 0 aliphatic rings. The highest BCUT2D eigenvalue weighted by molar-refractivity contribution is 14.1. The van der Waals surface area contributed by atoms with Gasteiger partial charge in [0.15, 0.2) is 0 Å². The number of amides is 1. The summed E-state index contributed by atoms with van der Waals surface area (Å²) in [6.07, 6.45) is -0.354. The lowest BCUT2D eigenvalue weighted by Crippen LogP contribution is -2.38. The molecule has 4 nitrogen and oxygen atoms in total. The largest absolute Gasteiger partial charge is 0.444 e. The quantitative estimate of drug-likeness (QED) is 0.669. The molecule has 0 heterocycles. The van der Waals surface area contributed by atoms with Gasteiger partial charge in [0.25, 0.3) is 0 Å². The van der Waals surface area contributed by atoms with Crippen molar-refractivity contribution in [3.63, 3.8) is 0 Å². The zero-order valence-corrected chi connectivity index (χ0v) is 16.2. The molecule has 0 saturated carbocycles. The van der Waals surface area contributed by atoms with E-state index in [-0.39, 0.29) is 6.09 Å². The number of ether oxygens (including phenoxy) is 1. The lowest BCUT2D eigenvalue weighted by molar-refractivity contribution is 0.0516. The Bertz CT molecular complexity index is 467. The fourth-order valence-electron chi connectivity index (χ4n) is 1.89. The molecule has 1 unspecified atom stereocenters. The van der Waals surface area contributed by atoms with Crippen LogP contribution in [0.2, 0.25) is 0 Å². The highest BCUT2D eigenvalue weighted by Crippen LogP contribution is 2.15. The van der Waals surface area contributed by atoms with Crippen LogP contribution in [0.1, 0.15) is 34.6 Å². The molecule has 0 saturated heterocycles. The topological polar surface area (TPSA) is 50.4 Å². The Hall–Kier alpha value is -0.980. The maximum Gasteiger partial charge on any atom is 0.407 e. The number of nitrogens with one attached hydrogen (secondary N) is 2. The lowest BCUT2D eigenvalue weighted by atomic mass is 9.95. The summed E-state index contributed by atoms with van der Waals surface area (Å²) in [5, 5.41) is 6.29. The van der Waals surface area contributed by atoms with E-state index in [0.717, 1.165) is 12.2 Å². The molecule has 0 aliphatic heterocycles. The van der Waals surface area contributed by atoms with E-state index < -0.39 is 5.60 Å². The first-order valence-electron chi connectivity index (χ1n) is 7.63. The first-order valence-corrected chi connectivity index (χ1v) is 8.71. The van der Waals surface area contributed by atoms with Crippen LogP contribution in [-0.4, -0.2) is 24.8 Å². The average molecular weight is 418 g/mol. The summed E-state index contributed by atoms with van der Waals surface area (Å²) >= 11 is 2.29. The Labute approximate surface area is 147 Å². The highest BCUT2D eigenvalue weighted by Gasteiger charge is 2.19. The number of benzene rings is 1. The molecule has 22 heavy (non-hydrogen) atoms. The van der Waals surface area contributed by atoms with Crippen molar-refractivity contribution in [1.82, 2.24) is 5.32 Å². The number of rotatable bonds is 6. The van der Waals surface area contributed by atoms with Crippen LogP contribution >= 0.6 is 22.6 Å². The van der Waals surface area contributed by atoms with Crippen molar-refractivity contribution in [2.24, 2.45) is 11.8 Å². The molecule has 124 valence electrons. The van der Waals surface area contributed by atoms with E-state index >= 15 is 0 Å². The summed E-state index contributed by atoms with van der Waals surface area (Å²) < 4.78 is 6.49. The minimum Gasteiger partial charge on any atom is -0.444 e. The van der Waals surface area contributed by atoms with E-state index in [1.165, 1.54) is 3.57 Å². The molecular weight excluding hydrogens is 391 g/mol. The summed E-state index contributed by atoms with van der Waals surface area (Å²) in [6, 6.07) is 8.29. The van der Waals surface area contributed by atoms with Gasteiger partial charge in [-0.05, 0) is 79.5 Å². The van der Waals surface area contributed by atoms with Crippen LogP contribution in [0, 0.1) is 15.4 Å². The predicted molar refractivity (Wildman–Crippen MR) is 100 cm³/mol. The number of carbonyl (C=O) groups is 1. The summed E-state index contributed by atoms with van der Waals surface area (Å²) in [7, 11) is 0. The van der Waals surface area contributed by atoms with Crippen LogP contribution in [0.4, 0.5) is 10.5 Å². The van der Waals surface area contributed by atoms with Gasteiger partial charge in [0.1, 0.15) is 5.60 Å². The van der Waals surface area contributed by atoms with E-state index in [1.807, 2.05) is 20.8 Å². The molecule has 1 rings (SSSR count). The van der Waals surface area contributed by atoms with Gasteiger partial charge in [-0.3, -0.25) is 0 Å². The fourth-order valence-corrected chi connectivity index (χ4v) is 2.25. The monoisotopic (exact) mass is 418 g/mol. The number of alkyl carbamates (subject to hydrolysis) is 1. The Morgan fingerprint density at radius 3 is 2.27 bits per heavy atom. The van der Waals surface area contributed by atoms with E-state index in [2.05, 4.69) is 71.3 Å². The van der Waals surface area contributed by atoms with E-state index in [9.17, 15) is 4.79 Å². The number of halogens is 1. The van der Waals surface area contributed by atoms with Gasteiger partial charge in [0.05, 0.1) is 0 Å². The summed E-state index contributed by atoms with van der Waals surface area (Å²) in [4.78, 5) is 11.7. The van der Waals surface area contributed by atoms with Crippen molar-refractivity contribution in [2.45, 2.75) is 40.2 Å². The normalized spacial score (nSPS) is 12.9. The van der Waals surface area contributed by atoms with E-state index in [4.69, 9.17) is 4.74 Å². The molecule has 0 bridgehead atoms. The van der Waals surface area contributed by atoms with Crippen molar-refractivity contribution in [1.29, 1.82) is 0 Å². The Morgan fingerprint density at radius 1 is 1.18 bits per heavy atom. The third-order valence-corrected chi connectivity index (χ3v) is 3.98. The van der Waals surface area contributed by atoms with Gasteiger partial charge in [-0.1, -0.05) is 13.8 Å². The second-order valence-corrected chi connectivity index (χ2v) is 8.02. The molecule has 1 aromatic carbocycles. The van der Waals surface area contributed by atoms with Crippen molar-refractivity contribution in [3.05, 3.63) is 27.8 Å². The SMILES string of the molecule is CC(C)C(CNC(=O)OC(C)(C)C)CNc1ccc(I)cc1. The van der Waals surface area contributed by atoms with E-state index in [1.54, 1.807) is 0 Å². The van der Waals surface area contributed by atoms with Crippen molar-refractivity contribution >= 4 is 34.4 Å². The van der Waals surface area contributed by atoms with Gasteiger partial charge in [0, 0.05) is 22.3 Å². The van der Waals surface area contributed by atoms with Crippen LogP contribution in [0.3, 0.4) is 0 Å². The number of carbonyl (C=O) groups excluding carboxylic acids is 1. The van der Waals surface area contributed by atoms with Gasteiger partial charge < -0.3 is 15.4 Å². The summed E-state index contributed by atoms with van der Waals surface area (Å²) in [5.41, 5.74) is 0.639. The first-order chi connectivity index (χ1) is 10.2. The summed E-state index contributed by atoms with van der Waals surface area (Å²) in [5.74, 6) is 0.804. The molecule has 0 aliphatic carbocycles. The predicted octanol–water partition coefficient (Wildman–Crippen LogP) is 4.50. The molecule has 0 aromatic heterocycles. The Balaban J connectivity index is 2.45. The molecule has 2 N–H and O–H groups in total. The second kappa shape index (κ2) is 8.60. The fraction of sp³-hybridized carbons (Fsp3) is 0.588. The maximum absolute atomic E-state index is 11.7. The van der Waals surface area contributed by atoms with Crippen LogP contribution in [-0.2, 0) is 4.74 Å². The third-order valence-electron chi connectivity index (χ3n) is 3.26. The minimum atomic E-state index is -0.461. The molecule has 0 radical (unpaired) electrons. The molecule has 0 fully saturated rings. The molecule has 1 amide bonds.